The first-order chi connectivity index (χ1) is 13.0. The van der Waals surface area contributed by atoms with Crippen molar-refractivity contribution < 1.29 is 9.59 Å². The van der Waals surface area contributed by atoms with Crippen molar-refractivity contribution in [2.24, 2.45) is 5.92 Å². The molecule has 1 saturated heterocycles. The molecule has 5 heteroatoms. The Hall–Kier alpha value is -2.27. The van der Waals surface area contributed by atoms with Gasteiger partial charge in [0.2, 0.25) is 11.8 Å². The van der Waals surface area contributed by atoms with E-state index in [0.29, 0.717) is 18.1 Å². The minimum atomic E-state index is -0.0367. The number of rotatable bonds is 6. The van der Waals surface area contributed by atoms with E-state index in [1.54, 1.807) is 11.8 Å². The summed E-state index contributed by atoms with van der Waals surface area (Å²) in [5.74, 6) is 0.967. The van der Waals surface area contributed by atoms with Gasteiger partial charge in [-0.25, -0.2) is 0 Å². The van der Waals surface area contributed by atoms with Crippen LogP contribution in [0.25, 0.3) is 0 Å². The smallest absolute Gasteiger partial charge is 0.238 e. The van der Waals surface area contributed by atoms with E-state index < -0.39 is 0 Å². The van der Waals surface area contributed by atoms with Crippen molar-refractivity contribution in [2.75, 3.05) is 16.0 Å². The molecule has 0 saturated carbocycles. The second-order valence-corrected chi connectivity index (χ2v) is 8.28. The highest BCUT2D eigenvalue weighted by atomic mass is 32.2. The molecule has 2 aromatic rings. The Kier molecular flexibility index (Phi) is 6.22. The lowest BCUT2D eigenvalue weighted by atomic mass is 10.1. The lowest BCUT2D eigenvalue weighted by Gasteiger charge is -2.24. The quantitative estimate of drug-likeness (QED) is 0.764. The molecule has 2 amide bonds. The van der Waals surface area contributed by atoms with Crippen LogP contribution in [0.15, 0.2) is 48.5 Å². The summed E-state index contributed by atoms with van der Waals surface area (Å²) in [7, 11) is 0. The number of hydrogen-bond acceptors (Lipinski definition) is 3. The molecule has 4 nitrogen and oxygen atoms in total. The molecule has 1 fully saturated rings. The third kappa shape index (κ3) is 4.72. The monoisotopic (exact) mass is 382 g/mol. The number of aryl methyl sites for hydroxylation is 1. The molecule has 1 aliphatic heterocycles. The number of nitrogens with one attached hydrogen (secondary N) is 1. The number of amides is 2. The van der Waals surface area contributed by atoms with Gasteiger partial charge >= 0.3 is 0 Å². The molecule has 0 unspecified atom stereocenters. The van der Waals surface area contributed by atoms with Crippen molar-refractivity contribution >= 4 is 35.0 Å². The number of hydrogen-bond donors (Lipinski definition) is 1. The number of thioether (sulfide) groups is 1. The van der Waals surface area contributed by atoms with Gasteiger partial charge in [-0.2, -0.15) is 0 Å². The lowest BCUT2D eigenvalue weighted by molar-refractivity contribution is -0.117. The van der Waals surface area contributed by atoms with Gasteiger partial charge in [0.25, 0.3) is 0 Å². The van der Waals surface area contributed by atoms with Gasteiger partial charge in [-0.15, -0.1) is 11.8 Å². The second-order valence-electron chi connectivity index (χ2n) is 7.22. The molecule has 1 N–H and O–H groups in total. The van der Waals surface area contributed by atoms with Crippen LogP contribution in [0.2, 0.25) is 0 Å². The van der Waals surface area contributed by atoms with Gasteiger partial charge < -0.3 is 5.32 Å². The van der Waals surface area contributed by atoms with E-state index in [1.165, 1.54) is 5.56 Å². The summed E-state index contributed by atoms with van der Waals surface area (Å²) in [6, 6.07) is 16.0. The molecular formula is C22H26N2O2S. The van der Waals surface area contributed by atoms with Gasteiger partial charge in [0.1, 0.15) is 5.37 Å². The van der Waals surface area contributed by atoms with E-state index in [1.807, 2.05) is 55.1 Å². The molecule has 27 heavy (non-hydrogen) atoms. The van der Waals surface area contributed by atoms with Crippen LogP contribution in [-0.2, 0) is 16.0 Å². The Bertz CT molecular complexity index is 800. The fraction of sp³-hybridized carbons (Fsp3) is 0.364. The average Bonchev–Trinajstić information content (AvgIpc) is 3.03. The zero-order valence-electron chi connectivity index (χ0n) is 16.1. The van der Waals surface area contributed by atoms with E-state index in [2.05, 4.69) is 24.4 Å². The Morgan fingerprint density at radius 1 is 1.15 bits per heavy atom. The maximum absolute atomic E-state index is 12.5. The second kappa shape index (κ2) is 8.61. The molecule has 0 bridgehead atoms. The standard InChI is InChI=1S/C22H26N2O2S/c1-4-16-5-11-19(12-6-16)24-21(26)14-27-22(24)17-7-9-18(10-8-17)23-20(25)13-15(2)3/h5-12,15,22H,4,13-14H2,1-3H3,(H,23,25)/t22-/m0/s1. The first-order valence-electron chi connectivity index (χ1n) is 9.40. The summed E-state index contributed by atoms with van der Waals surface area (Å²) < 4.78 is 0. The molecule has 1 aliphatic rings. The van der Waals surface area contributed by atoms with Crippen LogP contribution < -0.4 is 10.2 Å². The molecule has 1 atom stereocenters. The van der Waals surface area contributed by atoms with Gasteiger partial charge in [0.05, 0.1) is 5.75 Å². The Morgan fingerprint density at radius 2 is 1.81 bits per heavy atom. The average molecular weight is 383 g/mol. The summed E-state index contributed by atoms with van der Waals surface area (Å²) in [6.07, 6.45) is 1.49. The molecule has 2 aromatic carbocycles. The van der Waals surface area contributed by atoms with Gasteiger partial charge in [-0.05, 0) is 47.7 Å². The van der Waals surface area contributed by atoms with Crippen LogP contribution in [0.5, 0.6) is 0 Å². The summed E-state index contributed by atoms with van der Waals surface area (Å²) in [6.45, 7) is 6.17. The first kappa shape index (κ1) is 19.5. The largest absolute Gasteiger partial charge is 0.326 e. The number of carbonyl (C=O) groups is 2. The number of carbonyl (C=O) groups excluding carboxylic acids is 2. The zero-order chi connectivity index (χ0) is 19.4. The summed E-state index contributed by atoms with van der Waals surface area (Å²) >= 11 is 1.63. The molecule has 0 aliphatic carbocycles. The van der Waals surface area contributed by atoms with Crippen molar-refractivity contribution in [3.8, 4) is 0 Å². The fourth-order valence-electron chi connectivity index (χ4n) is 3.16. The van der Waals surface area contributed by atoms with Gasteiger partial charge in [0.15, 0.2) is 0 Å². The number of anilines is 2. The minimum absolute atomic E-state index is 0.0285. The molecule has 0 aromatic heterocycles. The van der Waals surface area contributed by atoms with Gasteiger partial charge in [-0.3, -0.25) is 14.5 Å². The van der Waals surface area contributed by atoms with Crippen molar-refractivity contribution in [3.63, 3.8) is 0 Å². The third-order valence-corrected chi connectivity index (χ3v) is 5.78. The maximum atomic E-state index is 12.5. The van der Waals surface area contributed by atoms with E-state index in [0.717, 1.165) is 23.4 Å². The van der Waals surface area contributed by atoms with Crippen LogP contribution in [0.1, 0.15) is 43.7 Å². The predicted octanol–water partition coefficient (Wildman–Crippen LogP) is 5.01. The third-order valence-electron chi connectivity index (χ3n) is 4.56. The van der Waals surface area contributed by atoms with Crippen LogP contribution in [0.4, 0.5) is 11.4 Å². The highest BCUT2D eigenvalue weighted by molar-refractivity contribution is 8.00. The highest BCUT2D eigenvalue weighted by Crippen LogP contribution is 2.42. The Morgan fingerprint density at radius 3 is 2.41 bits per heavy atom. The SMILES string of the molecule is CCc1ccc(N2C(=O)CS[C@H]2c2ccc(NC(=O)CC(C)C)cc2)cc1. The van der Waals surface area contributed by atoms with E-state index in [4.69, 9.17) is 0 Å². The molecule has 3 rings (SSSR count). The molecular weight excluding hydrogens is 356 g/mol. The zero-order valence-corrected chi connectivity index (χ0v) is 16.9. The Balaban J connectivity index is 1.75. The van der Waals surface area contributed by atoms with Crippen molar-refractivity contribution in [1.82, 2.24) is 0 Å². The van der Waals surface area contributed by atoms with E-state index in [-0.39, 0.29) is 17.2 Å². The highest BCUT2D eigenvalue weighted by Gasteiger charge is 2.33. The normalized spacial score (nSPS) is 16.8. The Labute approximate surface area is 165 Å². The molecule has 142 valence electrons. The summed E-state index contributed by atoms with van der Waals surface area (Å²) in [5.41, 5.74) is 4.04. The van der Waals surface area contributed by atoms with Crippen LogP contribution in [-0.4, -0.2) is 17.6 Å². The minimum Gasteiger partial charge on any atom is -0.326 e. The van der Waals surface area contributed by atoms with E-state index >= 15 is 0 Å². The summed E-state index contributed by atoms with van der Waals surface area (Å²) in [4.78, 5) is 26.3. The van der Waals surface area contributed by atoms with Gasteiger partial charge in [-0.1, -0.05) is 45.0 Å². The van der Waals surface area contributed by atoms with Crippen LogP contribution >= 0.6 is 11.8 Å². The number of benzene rings is 2. The lowest BCUT2D eigenvalue weighted by Crippen LogP contribution is -2.27. The number of nitrogens with zero attached hydrogens (tertiary/aromatic N) is 1. The van der Waals surface area contributed by atoms with Crippen molar-refractivity contribution in [3.05, 3.63) is 59.7 Å². The van der Waals surface area contributed by atoms with Gasteiger partial charge in [0, 0.05) is 17.8 Å². The predicted molar refractivity (Wildman–Crippen MR) is 113 cm³/mol. The van der Waals surface area contributed by atoms with Crippen LogP contribution in [0, 0.1) is 5.92 Å². The molecule has 1 heterocycles. The summed E-state index contributed by atoms with van der Waals surface area (Å²) in [5, 5.41) is 2.89. The van der Waals surface area contributed by atoms with Crippen LogP contribution in [0.3, 0.4) is 0 Å². The topological polar surface area (TPSA) is 49.4 Å². The fourth-order valence-corrected chi connectivity index (χ4v) is 4.33. The molecule has 0 spiro atoms. The maximum Gasteiger partial charge on any atom is 0.238 e. The first-order valence-corrected chi connectivity index (χ1v) is 10.4. The van der Waals surface area contributed by atoms with Crippen molar-refractivity contribution in [1.29, 1.82) is 0 Å². The van der Waals surface area contributed by atoms with E-state index in [9.17, 15) is 9.59 Å². The van der Waals surface area contributed by atoms with Crippen molar-refractivity contribution in [2.45, 2.75) is 39.0 Å². The molecule has 0 radical (unpaired) electrons.